The maximum absolute atomic E-state index is 12.7. The second-order valence-corrected chi connectivity index (χ2v) is 7.27. The first-order valence-corrected chi connectivity index (χ1v) is 7.99. The summed E-state index contributed by atoms with van der Waals surface area (Å²) in [6.45, 7) is 4.68. The summed E-state index contributed by atoms with van der Waals surface area (Å²) in [4.78, 5) is 4.16. The molecule has 20 heavy (non-hydrogen) atoms. The summed E-state index contributed by atoms with van der Waals surface area (Å²) in [7, 11) is -3.52. The van der Waals surface area contributed by atoms with Crippen molar-refractivity contribution in [2.24, 2.45) is 5.73 Å². The van der Waals surface area contributed by atoms with E-state index >= 15 is 0 Å². The molecule has 0 atom stereocenters. The molecular weight excluding hydrogens is 274 g/mol. The molecule has 1 aromatic rings. The van der Waals surface area contributed by atoms with E-state index in [2.05, 4.69) is 16.8 Å². The lowest BCUT2D eigenvalue weighted by Gasteiger charge is -2.30. The molecule has 0 saturated carbocycles. The number of aromatic nitrogens is 1. The maximum Gasteiger partial charge on any atom is 0.245 e. The van der Waals surface area contributed by atoms with Crippen molar-refractivity contribution in [1.82, 2.24) is 9.29 Å². The monoisotopic (exact) mass is 293 g/mol. The summed E-state index contributed by atoms with van der Waals surface area (Å²) in [6.07, 6.45) is 4.66. The average molecular weight is 293 g/mol. The summed E-state index contributed by atoms with van der Waals surface area (Å²) in [5, 5.41) is 0. The number of nitrogens with zero attached hydrogens (tertiary/aromatic N) is 2. The molecule has 2 N–H and O–H groups in total. The van der Waals surface area contributed by atoms with E-state index in [4.69, 9.17) is 5.73 Å². The Hall–Kier alpha value is -1.42. The van der Waals surface area contributed by atoms with Crippen LogP contribution in [-0.2, 0) is 10.0 Å². The molecule has 0 bridgehead atoms. The van der Waals surface area contributed by atoms with E-state index in [-0.39, 0.29) is 17.0 Å². The van der Waals surface area contributed by atoms with Gasteiger partial charge in [-0.3, -0.25) is 4.98 Å². The Morgan fingerprint density at radius 1 is 1.45 bits per heavy atom. The molecule has 2 heterocycles. The fourth-order valence-corrected chi connectivity index (χ4v) is 4.27. The highest BCUT2D eigenvalue weighted by molar-refractivity contribution is 7.89. The van der Waals surface area contributed by atoms with Gasteiger partial charge in [0.1, 0.15) is 4.90 Å². The number of pyridine rings is 1. The molecule has 108 valence electrons. The fourth-order valence-electron chi connectivity index (χ4n) is 2.44. The molecule has 2 rings (SSSR count). The number of nitrogens with two attached hydrogens (primary N) is 1. The van der Waals surface area contributed by atoms with Gasteiger partial charge in [0.15, 0.2) is 0 Å². The highest BCUT2D eigenvalue weighted by atomic mass is 32.2. The molecule has 1 aliphatic rings. The van der Waals surface area contributed by atoms with Crippen molar-refractivity contribution < 1.29 is 8.42 Å². The van der Waals surface area contributed by atoms with Crippen molar-refractivity contribution in [2.75, 3.05) is 13.1 Å². The van der Waals surface area contributed by atoms with Crippen LogP contribution >= 0.6 is 0 Å². The van der Waals surface area contributed by atoms with Crippen LogP contribution in [0.25, 0.3) is 0 Å². The van der Waals surface area contributed by atoms with E-state index in [1.54, 1.807) is 10.4 Å². The van der Waals surface area contributed by atoms with Gasteiger partial charge in [0.25, 0.3) is 0 Å². The maximum atomic E-state index is 12.7. The topological polar surface area (TPSA) is 76.3 Å². The van der Waals surface area contributed by atoms with Crippen molar-refractivity contribution in [1.29, 1.82) is 0 Å². The van der Waals surface area contributed by atoms with Gasteiger partial charge in [0, 0.05) is 30.0 Å². The van der Waals surface area contributed by atoms with Gasteiger partial charge in [-0.25, -0.2) is 8.42 Å². The Labute approximate surface area is 120 Å². The first-order chi connectivity index (χ1) is 9.38. The third kappa shape index (κ3) is 2.85. The van der Waals surface area contributed by atoms with Gasteiger partial charge in [-0.1, -0.05) is 11.8 Å². The molecule has 0 aliphatic carbocycles. The first kappa shape index (κ1) is 15.0. The summed E-state index contributed by atoms with van der Waals surface area (Å²) in [5.41, 5.74) is 5.53. The zero-order valence-electron chi connectivity index (χ0n) is 11.8. The highest BCUT2D eigenvalue weighted by Crippen LogP contribution is 2.33. The van der Waals surface area contributed by atoms with Crippen LogP contribution in [0, 0.1) is 11.8 Å². The third-order valence-corrected chi connectivity index (χ3v) is 5.54. The van der Waals surface area contributed by atoms with E-state index < -0.39 is 10.0 Å². The predicted octanol–water partition coefficient (Wildman–Crippen LogP) is 0.955. The third-order valence-electron chi connectivity index (χ3n) is 3.46. The average Bonchev–Trinajstić information content (AvgIpc) is 2.77. The van der Waals surface area contributed by atoms with E-state index in [0.717, 1.165) is 12.8 Å². The van der Waals surface area contributed by atoms with Gasteiger partial charge in [0.2, 0.25) is 10.0 Å². The first-order valence-electron chi connectivity index (χ1n) is 6.55. The molecule has 0 radical (unpaired) electrons. The van der Waals surface area contributed by atoms with Gasteiger partial charge in [-0.15, -0.1) is 0 Å². The quantitative estimate of drug-likeness (QED) is 0.824. The predicted molar refractivity (Wildman–Crippen MR) is 77.4 cm³/mol. The van der Waals surface area contributed by atoms with Gasteiger partial charge >= 0.3 is 0 Å². The molecule has 0 amide bonds. The van der Waals surface area contributed by atoms with Crippen LogP contribution in [0.5, 0.6) is 0 Å². The van der Waals surface area contributed by atoms with Gasteiger partial charge in [-0.2, -0.15) is 4.31 Å². The Morgan fingerprint density at radius 2 is 2.20 bits per heavy atom. The minimum atomic E-state index is -3.52. The summed E-state index contributed by atoms with van der Waals surface area (Å²) >= 11 is 0. The Kier molecular flexibility index (Phi) is 4.14. The fraction of sp³-hybridized carbons (Fsp3) is 0.500. The van der Waals surface area contributed by atoms with Crippen LogP contribution in [0.3, 0.4) is 0 Å². The van der Waals surface area contributed by atoms with Crippen LogP contribution in [-0.4, -0.2) is 36.3 Å². The Balaban J connectivity index is 2.40. The molecule has 5 nitrogen and oxygen atoms in total. The molecule has 0 aromatic carbocycles. The van der Waals surface area contributed by atoms with E-state index in [1.165, 1.54) is 12.4 Å². The highest BCUT2D eigenvalue weighted by Gasteiger charge is 2.40. The van der Waals surface area contributed by atoms with Crippen LogP contribution in [0.1, 0.15) is 32.3 Å². The van der Waals surface area contributed by atoms with E-state index in [0.29, 0.717) is 12.1 Å². The van der Waals surface area contributed by atoms with Crippen molar-refractivity contribution >= 4 is 10.0 Å². The van der Waals surface area contributed by atoms with Crippen molar-refractivity contribution in [2.45, 2.75) is 37.1 Å². The largest absolute Gasteiger partial charge is 0.320 e. The molecule has 1 saturated heterocycles. The van der Waals surface area contributed by atoms with Crippen LogP contribution in [0.2, 0.25) is 0 Å². The molecule has 1 fully saturated rings. The lowest BCUT2D eigenvalue weighted by Crippen LogP contribution is -2.42. The lowest BCUT2D eigenvalue weighted by atomic mass is 10.0. The number of rotatable bonds is 2. The van der Waals surface area contributed by atoms with Crippen molar-refractivity contribution in [3.05, 3.63) is 24.0 Å². The molecule has 6 heteroatoms. The Morgan fingerprint density at radius 3 is 2.80 bits per heavy atom. The zero-order chi connectivity index (χ0) is 14.8. The van der Waals surface area contributed by atoms with Gasteiger partial charge < -0.3 is 5.73 Å². The SMILES string of the molecule is CC1(C)CCCN1S(=O)(=O)c1cncc(C#CCN)c1. The minimum Gasteiger partial charge on any atom is -0.320 e. The number of hydrogen-bond acceptors (Lipinski definition) is 4. The van der Waals surface area contributed by atoms with Crippen LogP contribution in [0.4, 0.5) is 0 Å². The Bertz CT molecular complexity index is 656. The zero-order valence-corrected chi connectivity index (χ0v) is 12.6. The summed E-state index contributed by atoms with van der Waals surface area (Å²) in [5.74, 6) is 5.51. The molecule has 1 aromatic heterocycles. The smallest absolute Gasteiger partial charge is 0.245 e. The van der Waals surface area contributed by atoms with Gasteiger partial charge in [-0.05, 0) is 32.8 Å². The van der Waals surface area contributed by atoms with Crippen LogP contribution in [0.15, 0.2) is 23.4 Å². The molecular formula is C14H19N3O2S. The van der Waals surface area contributed by atoms with Crippen molar-refractivity contribution in [3.63, 3.8) is 0 Å². The second-order valence-electron chi connectivity index (χ2n) is 5.41. The van der Waals surface area contributed by atoms with Crippen LogP contribution < -0.4 is 5.73 Å². The number of sulfonamides is 1. The number of hydrogen-bond donors (Lipinski definition) is 1. The standard InChI is InChI=1S/C14H19N3O2S/c1-14(2)6-4-8-17(14)20(18,19)13-9-12(5-3-7-15)10-16-11-13/h9-11H,4,6-8,15H2,1-2H3. The molecule has 1 aliphatic heterocycles. The second kappa shape index (κ2) is 5.52. The molecule has 0 spiro atoms. The summed E-state index contributed by atoms with van der Waals surface area (Å²) < 4.78 is 26.9. The van der Waals surface area contributed by atoms with Gasteiger partial charge in [0.05, 0.1) is 6.54 Å². The summed E-state index contributed by atoms with van der Waals surface area (Å²) in [6, 6.07) is 1.55. The minimum absolute atomic E-state index is 0.191. The molecule has 0 unspecified atom stereocenters. The van der Waals surface area contributed by atoms with Crippen molar-refractivity contribution in [3.8, 4) is 11.8 Å². The lowest BCUT2D eigenvalue weighted by molar-refractivity contribution is 0.291. The van der Waals surface area contributed by atoms with E-state index in [9.17, 15) is 8.42 Å². The van der Waals surface area contributed by atoms with E-state index in [1.807, 2.05) is 13.8 Å². The normalized spacial score (nSPS) is 18.6.